The van der Waals surface area contributed by atoms with E-state index in [1.807, 2.05) is 37.3 Å². The summed E-state index contributed by atoms with van der Waals surface area (Å²) in [6.45, 7) is 2.13. The van der Waals surface area contributed by atoms with Crippen LogP contribution in [-0.4, -0.2) is 9.55 Å². The van der Waals surface area contributed by atoms with Crippen LogP contribution < -0.4 is 11.4 Å². The molecule has 0 N–H and O–H groups in total. The summed E-state index contributed by atoms with van der Waals surface area (Å²) in [5.41, 5.74) is 1.38. The van der Waals surface area contributed by atoms with Crippen LogP contribution in [0.25, 0.3) is 11.0 Å². The molecule has 0 radical (unpaired) electrons. The van der Waals surface area contributed by atoms with E-state index in [0.717, 1.165) is 11.3 Å². The topological polar surface area (TPSA) is 65.1 Å². The second kappa shape index (κ2) is 4.77. The van der Waals surface area contributed by atoms with Crippen LogP contribution in [0.3, 0.4) is 0 Å². The van der Waals surface area contributed by atoms with Crippen molar-refractivity contribution in [2.45, 2.75) is 13.5 Å². The molecule has 100 valence electrons. The van der Waals surface area contributed by atoms with Gasteiger partial charge in [-0.2, -0.15) is 0 Å². The van der Waals surface area contributed by atoms with Gasteiger partial charge in [0, 0.05) is 5.69 Å². The summed E-state index contributed by atoms with van der Waals surface area (Å²) < 4.78 is 6.12. The first-order chi connectivity index (χ1) is 9.65. The molecule has 0 atom stereocenters. The molecule has 0 aliphatic rings. The molecule has 0 aliphatic heterocycles. The van der Waals surface area contributed by atoms with Gasteiger partial charge in [0.05, 0.1) is 6.54 Å². The van der Waals surface area contributed by atoms with Gasteiger partial charge in [0.2, 0.25) is 0 Å². The smallest absolute Gasteiger partial charge is 0.372 e. The number of hydrogen-bond donors (Lipinski definition) is 0. The van der Waals surface area contributed by atoms with Gasteiger partial charge in [-0.25, -0.2) is 14.6 Å². The van der Waals surface area contributed by atoms with Crippen LogP contribution in [0.4, 0.5) is 0 Å². The second-order valence-corrected chi connectivity index (χ2v) is 4.55. The first-order valence-corrected chi connectivity index (χ1v) is 6.20. The quantitative estimate of drug-likeness (QED) is 0.709. The lowest BCUT2D eigenvalue weighted by atomic mass is 10.2. The van der Waals surface area contributed by atoms with Crippen LogP contribution in [0.1, 0.15) is 11.3 Å². The van der Waals surface area contributed by atoms with Crippen molar-refractivity contribution in [2.24, 2.45) is 0 Å². The van der Waals surface area contributed by atoms with E-state index >= 15 is 0 Å². The Hall–Kier alpha value is -2.69. The highest BCUT2D eigenvalue weighted by Crippen LogP contribution is 2.09. The molecule has 0 aliphatic carbocycles. The number of benzene rings is 1. The van der Waals surface area contributed by atoms with Crippen molar-refractivity contribution < 1.29 is 4.42 Å². The third kappa shape index (κ3) is 2.14. The van der Waals surface area contributed by atoms with Crippen LogP contribution >= 0.6 is 0 Å². The van der Waals surface area contributed by atoms with Crippen LogP contribution in [0, 0.1) is 6.92 Å². The minimum Gasteiger partial charge on any atom is -0.372 e. The average molecular weight is 268 g/mol. The van der Waals surface area contributed by atoms with E-state index in [2.05, 4.69) is 4.98 Å². The predicted octanol–water partition coefficient (Wildman–Crippen LogP) is 1.71. The summed E-state index contributed by atoms with van der Waals surface area (Å²) in [5, 5.41) is 0.311. The van der Waals surface area contributed by atoms with Crippen LogP contribution in [0.2, 0.25) is 0 Å². The minimum atomic E-state index is -0.690. The Labute approximate surface area is 114 Å². The molecule has 1 aromatic carbocycles. The van der Waals surface area contributed by atoms with Crippen molar-refractivity contribution in [1.29, 1.82) is 0 Å². The maximum atomic E-state index is 11.9. The van der Waals surface area contributed by atoms with Crippen molar-refractivity contribution in [3.05, 3.63) is 74.7 Å². The monoisotopic (exact) mass is 268 g/mol. The lowest BCUT2D eigenvalue weighted by molar-refractivity contribution is 0.423. The van der Waals surface area contributed by atoms with E-state index in [4.69, 9.17) is 4.42 Å². The summed E-state index contributed by atoms with van der Waals surface area (Å²) in [6.07, 6.45) is 0. The Kier molecular flexibility index (Phi) is 2.95. The van der Waals surface area contributed by atoms with E-state index in [0.29, 0.717) is 17.6 Å². The Balaban J connectivity index is 2.27. The Morgan fingerprint density at radius 2 is 1.85 bits per heavy atom. The molecule has 0 bridgehead atoms. The van der Waals surface area contributed by atoms with Crippen molar-refractivity contribution in [3.63, 3.8) is 0 Å². The number of hydrogen-bond acceptors (Lipinski definition) is 4. The summed E-state index contributed by atoms with van der Waals surface area (Å²) in [6, 6.07) is 12.8. The van der Waals surface area contributed by atoms with Gasteiger partial charge in [0.15, 0.2) is 5.65 Å². The largest absolute Gasteiger partial charge is 0.423 e. The predicted molar refractivity (Wildman–Crippen MR) is 74.8 cm³/mol. The molecule has 0 spiro atoms. The molecule has 5 heteroatoms. The summed E-state index contributed by atoms with van der Waals surface area (Å²) >= 11 is 0. The van der Waals surface area contributed by atoms with Crippen molar-refractivity contribution in [3.8, 4) is 0 Å². The van der Waals surface area contributed by atoms with Crippen LogP contribution in [0.15, 0.2) is 56.5 Å². The standard InChI is InChI=1S/C15H12N2O3/c1-10-7-8-12-13(16-10)17(15(19)20-14(12)18)9-11-5-3-2-4-6-11/h2-8H,9H2,1H3. The van der Waals surface area contributed by atoms with E-state index < -0.39 is 11.4 Å². The minimum absolute atomic E-state index is 0.311. The first kappa shape index (κ1) is 12.3. The normalized spacial score (nSPS) is 10.8. The van der Waals surface area contributed by atoms with Gasteiger partial charge < -0.3 is 4.42 Å². The molecule has 0 saturated carbocycles. The number of aryl methyl sites for hydroxylation is 1. The zero-order valence-corrected chi connectivity index (χ0v) is 10.9. The average Bonchev–Trinajstić information content (AvgIpc) is 2.44. The molecular formula is C15H12N2O3. The summed E-state index contributed by atoms with van der Waals surface area (Å²) in [5.74, 6) is -0.690. The highest BCUT2D eigenvalue weighted by atomic mass is 16.4. The Morgan fingerprint density at radius 1 is 1.10 bits per heavy atom. The van der Waals surface area contributed by atoms with E-state index in [9.17, 15) is 9.59 Å². The number of rotatable bonds is 2. The maximum Gasteiger partial charge on any atom is 0.423 e. The van der Waals surface area contributed by atoms with Gasteiger partial charge in [-0.15, -0.1) is 0 Å². The molecule has 0 amide bonds. The number of aromatic nitrogens is 2. The van der Waals surface area contributed by atoms with Crippen molar-refractivity contribution in [2.75, 3.05) is 0 Å². The number of nitrogens with zero attached hydrogens (tertiary/aromatic N) is 2. The Bertz CT molecular complexity index is 879. The molecule has 2 heterocycles. The second-order valence-electron chi connectivity index (χ2n) is 4.55. The van der Waals surface area contributed by atoms with E-state index in [1.54, 1.807) is 12.1 Å². The lowest BCUT2D eigenvalue weighted by Gasteiger charge is -2.08. The first-order valence-electron chi connectivity index (χ1n) is 6.20. The van der Waals surface area contributed by atoms with E-state index in [-0.39, 0.29) is 0 Å². The SMILES string of the molecule is Cc1ccc2c(=O)oc(=O)n(Cc3ccccc3)c2n1. The van der Waals surface area contributed by atoms with Crippen molar-refractivity contribution in [1.82, 2.24) is 9.55 Å². The third-order valence-electron chi connectivity index (χ3n) is 3.07. The zero-order valence-electron chi connectivity index (χ0n) is 10.9. The van der Waals surface area contributed by atoms with Gasteiger partial charge in [-0.1, -0.05) is 30.3 Å². The maximum absolute atomic E-state index is 11.9. The fourth-order valence-electron chi connectivity index (χ4n) is 2.09. The molecule has 0 fully saturated rings. The van der Waals surface area contributed by atoms with Gasteiger partial charge in [-0.05, 0) is 24.6 Å². The van der Waals surface area contributed by atoms with Crippen LogP contribution in [-0.2, 0) is 6.54 Å². The molecule has 20 heavy (non-hydrogen) atoms. The van der Waals surface area contributed by atoms with Crippen LogP contribution in [0.5, 0.6) is 0 Å². The van der Waals surface area contributed by atoms with Gasteiger partial charge >= 0.3 is 11.4 Å². The molecule has 2 aromatic heterocycles. The van der Waals surface area contributed by atoms with Gasteiger partial charge in [0.25, 0.3) is 0 Å². The van der Waals surface area contributed by atoms with Gasteiger partial charge in [0.1, 0.15) is 5.39 Å². The lowest BCUT2D eigenvalue weighted by Crippen LogP contribution is -2.26. The highest BCUT2D eigenvalue weighted by molar-refractivity contribution is 5.73. The third-order valence-corrected chi connectivity index (χ3v) is 3.07. The number of pyridine rings is 1. The molecule has 5 nitrogen and oxygen atoms in total. The zero-order chi connectivity index (χ0) is 14.1. The fraction of sp³-hybridized carbons (Fsp3) is 0.133. The molecule has 3 rings (SSSR count). The highest BCUT2D eigenvalue weighted by Gasteiger charge is 2.11. The number of fused-ring (bicyclic) bond motifs is 1. The van der Waals surface area contributed by atoms with E-state index in [1.165, 1.54) is 4.57 Å². The molecule has 3 aromatic rings. The molecular weight excluding hydrogens is 256 g/mol. The summed E-state index contributed by atoms with van der Waals surface area (Å²) in [4.78, 5) is 27.9. The van der Waals surface area contributed by atoms with Gasteiger partial charge in [-0.3, -0.25) is 4.57 Å². The molecule has 0 unspecified atom stereocenters. The fourth-order valence-corrected chi connectivity index (χ4v) is 2.09. The van der Waals surface area contributed by atoms with Crippen molar-refractivity contribution >= 4 is 11.0 Å². The summed E-state index contributed by atoms with van der Waals surface area (Å²) in [7, 11) is 0. The Morgan fingerprint density at radius 3 is 2.60 bits per heavy atom. The molecule has 0 saturated heterocycles.